The number of nitrogens with two attached hydrogens (primary N) is 1. The first-order valence-corrected chi connectivity index (χ1v) is 10.1. The van der Waals surface area contributed by atoms with Gasteiger partial charge in [-0.05, 0) is 18.1 Å². The zero-order valence-electron chi connectivity index (χ0n) is 17.6. The molecule has 0 atom stereocenters. The molecule has 2 heterocycles. The van der Waals surface area contributed by atoms with Crippen molar-refractivity contribution >= 4 is 23.1 Å². The number of anilines is 2. The van der Waals surface area contributed by atoms with E-state index in [0.29, 0.717) is 30.3 Å². The van der Waals surface area contributed by atoms with Crippen LogP contribution in [0.25, 0.3) is 11.5 Å². The summed E-state index contributed by atoms with van der Waals surface area (Å²) in [6, 6.07) is 7.11. The number of ether oxygens (including phenoxy) is 1. The Kier molecular flexibility index (Phi) is 7.13. The predicted molar refractivity (Wildman–Crippen MR) is 118 cm³/mol. The van der Waals surface area contributed by atoms with Crippen molar-refractivity contribution in [3.63, 3.8) is 0 Å². The maximum Gasteiger partial charge on any atom is 0.330 e. The zero-order chi connectivity index (χ0) is 22.5. The van der Waals surface area contributed by atoms with Crippen LogP contribution in [0.2, 0.25) is 5.02 Å². The lowest BCUT2D eigenvalue weighted by Crippen LogP contribution is -2.40. The average molecular weight is 449 g/mol. The third kappa shape index (κ3) is 5.15. The van der Waals surface area contributed by atoms with Gasteiger partial charge in [-0.3, -0.25) is 14.3 Å². The highest BCUT2D eigenvalue weighted by Crippen LogP contribution is 2.27. The summed E-state index contributed by atoms with van der Waals surface area (Å²) in [4.78, 5) is 28.9. The highest BCUT2D eigenvalue weighted by molar-refractivity contribution is 6.33. The summed E-state index contributed by atoms with van der Waals surface area (Å²) in [6.45, 7) is 4.99. The van der Waals surface area contributed by atoms with Gasteiger partial charge in [-0.1, -0.05) is 37.6 Å². The fourth-order valence-corrected chi connectivity index (χ4v) is 3.34. The number of hydrogen-bond donors (Lipinski definition) is 2. The van der Waals surface area contributed by atoms with Gasteiger partial charge >= 0.3 is 5.69 Å². The number of methoxy groups -OCH3 is 1. The molecule has 0 aliphatic carbocycles. The molecule has 0 bridgehead atoms. The van der Waals surface area contributed by atoms with Crippen molar-refractivity contribution in [2.75, 3.05) is 30.9 Å². The molecule has 3 N–H and O–H groups in total. The van der Waals surface area contributed by atoms with Gasteiger partial charge in [0.15, 0.2) is 0 Å². The highest BCUT2D eigenvalue weighted by Gasteiger charge is 2.22. The summed E-state index contributed by atoms with van der Waals surface area (Å²) >= 11 is 6.20. The van der Waals surface area contributed by atoms with E-state index in [1.807, 2.05) is 19.9 Å². The van der Waals surface area contributed by atoms with Gasteiger partial charge in [-0.2, -0.15) is 0 Å². The van der Waals surface area contributed by atoms with Crippen molar-refractivity contribution in [2.45, 2.75) is 26.9 Å². The number of nitrogen functional groups attached to an aromatic ring is 1. The Balaban J connectivity index is 1.98. The first kappa shape index (κ1) is 22.6. The zero-order valence-corrected chi connectivity index (χ0v) is 18.3. The van der Waals surface area contributed by atoms with E-state index >= 15 is 0 Å². The number of hydrogen-bond acceptors (Lipinski definition) is 8. The molecular weight excluding hydrogens is 424 g/mol. The second-order valence-corrected chi connectivity index (χ2v) is 7.80. The number of aromatic amines is 1. The molecule has 0 aliphatic heterocycles. The molecular formula is C20H25ClN6O4. The van der Waals surface area contributed by atoms with Crippen molar-refractivity contribution in [1.29, 1.82) is 0 Å². The van der Waals surface area contributed by atoms with Crippen molar-refractivity contribution in [3.8, 4) is 11.5 Å². The Bertz CT molecular complexity index is 1150. The van der Waals surface area contributed by atoms with E-state index in [1.54, 1.807) is 30.2 Å². The van der Waals surface area contributed by atoms with Crippen LogP contribution in [-0.4, -0.2) is 40.0 Å². The highest BCUT2D eigenvalue weighted by atomic mass is 35.5. The van der Waals surface area contributed by atoms with Crippen LogP contribution in [0.5, 0.6) is 0 Å². The van der Waals surface area contributed by atoms with Crippen LogP contribution in [0.4, 0.5) is 11.5 Å². The molecule has 3 rings (SSSR count). The lowest BCUT2D eigenvalue weighted by molar-refractivity contribution is 0.204. The number of nitrogens with one attached hydrogen (secondary N) is 1. The fraction of sp³-hybridized carbons (Fsp3) is 0.400. The average Bonchev–Trinajstić information content (AvgIpc) is 3.17. The lowest BCUT2D eigenvalue weighted by Gasteiger charge is -2.25. The van der Waals surface area contributed by atoms with Crippen LogP contribution >= 0.6 is 11.6 Å². The van der Waals surface area contributed by atoms with Crippen molar-refractivity contribution in [3.05, 3.63) is 56.0 Å². The van der Waals surface area contributed by atoms with Crippen LogP contribution in [0.15, 0.2) is 38.3 Å². The van der Waals surface area contributed by atoms with Gasteiger partial charge in [0.05, 0.1) is 23.7 Å². The molecule has 0 unspecified atom stereocenters. The molecule has 31 heavy (non-hydrogen) atoms. The predicted octanol–water partition coefficient (Wildman–Crippen LogP) is 2.13. The Labute approximate surface area is 183 Å². The molecule has 0 fully saturated rings. The van der Waals surface area contributed by atoms with Crippen molar-refractivity contribution in [2.24, 2.45) is 5.92 Å². The topological polar surface area (TPSA) is 132 Å². The third-order valence-electron chi connectivity index (χ3n) is 4.54. The molecule has 0 aliphatic rings. The van der Waals surface area contributed by atoms with Crippen LogP contribution < -0.4 is 21.9 Å². The summed E-state index contributed by atoms with van der Waals surface area (Å²) in [6.07, 6.45) is 0. The first-order valence-electron chi connectivity index (χ1n) is 9.75. The van der Waals surface area contributed by atoms with E-state index in [0.717, 1.165) is 0 Å². The molecule has 2 aromatic heterocycles. The minimum absolute atomic E-state index is 0.0735. The van der Waals surface area contributed by atoms with Gasteiger partial charge < -0.3 is 19.8 Å². The minimum Gasteiger partial charge on any atom is -0.419 e. The molecule has 10 nitrogen and oxygen atoms in total. The molecule has 0 saturated heterocycles. The molecule has 0 radical (unpaired) electrons. The number of benzene rings is 1. The van der Waals surface area contributed by atoms with E-state index in [-0.39, 0.29) is 35.7 Å². The maximum absolute atomic E-state index is 12.6. The lowest BCUT2D eigenvalue weighted by atomic mass is 10.2. The Hall–Kier alpha value is -3.11. The van der Waals surface area contributed by atoms with Crippen LogP contribution in [0.3, 0.4) is 0 Å². The SMILES string of the molecule is COCCN(Cc1nnc(-c2ccccc2Cl)o1)c1c(N)n(CC(C)C)c(=O)[nH]c1=O. The largest absolute Gasteiger partial charge is 0.419 e. The van der Waals surface area contributed by atoms with E-state index in [4.69, 9.17) is 26.5 Å². The van der Waals surface area contributed by atoms with Crippen LogP contribution in [0.1, 0.15) is 19.7 Å². The normalized spacial score (nSPS) is 11.3. The monoisotopic (exact) mass is 448 g/mol. The summed E-state index contributed by atoms with van der Waals surface area (Å²) in [5, 5.41) is 8.62. The molecule has 0 saturated carbocycles. The van der Waals surface area contributed by atoms with Crippen LogP contribution in [0, 0.1) is 5.92 Å². The standard InChI is InChI=1S/C20H25ClN6O4/c1-12(2)10-27-17(22)16(18(28)23-20(27)29)26(8-9-30-3)11-15-24-25-19(31-15)13-6-4-5-7-14(13)21/h4-7,12H,8-11,22H2,1-3H3,(H,23,28,29). The summed E-state index contributed by atoms with van der Waals surface area (Å²) in [5.41, 5.74) is 5.86. The molecule has 11 heteroatoms. The summed E-state index contributed by atoms with van der Waals surface area (Å²) in [5.74, 6) is 0.745. The van der Waals surface area contributed by atoms with Crippen molar-refractivity contribution < 1.29 is 9.15 Å². The van der Waals surface area contributed by atoms with Gasteiger partial charge in [0, 0.05) is 20.2 Å². The molecule has 0 amide bonds. The van der Waals surface area contributed by atoms with Gasteiger partial charge in [0.2, 0.25) is 11.8 Å². The van der Waals surface area contributed by atoms with Gasteiger partial charge in [-0.25, -0.2) is 4.79 Å². The maximum atomic E-state index is 12.6. The fourth-order valence-electron chi connectivity index (χ4n) is 3.13. The van der Waals surface area contributed by atoms with Gasteiger partial charge in [0.25, 0.3) is 5.56 Å². The minimum atomic E-state index is -0.593. The Morgan fingerprint density at radius 3 is 2.71 bits per heavy atom. The second-order valence-electron chi connectivity index (χ2n) is 7.39. The van der Waals surface area contributed by atoms with Crippen LogP contribution in [-0.2, 0) is 17.8 Å². The van der Waals surface area contributed by atoms with E-state index in [2.05, 4.69) is 15.2 Å². The van der Waals surface area contributed by atoms with Gasteiger partial charge in [-0.15, -0.1) is 10.2 Å². The molecule has 3 aromatic rings. The number of nitrogens with zero attached hydrogens (tertiary/aromatic N) is 4. The van der Waals surface area contributed by atoms with E-state index in [9.17, 15) is 9.59 Å². The number of aromatic nitrogens is 4. The summed E-state index contributed by atoms with van der Waals surface area (Å²) in [7, 11) is 1.55. The number of halogens is 1. The Morgan fingerprint density at radius 2 is 2.03 bits per heavy atom. The quantitative estimate of drug-likeness (QED) is 0.508. The molecule has 0 spiro atoms. The van der Waals surface area contributed by atoms with Crippen molar-refractivity contribution in [1.82, 2.24) is 19.7 Å². The molecule has 166 valence electrons. The number of rotatable bonds is 9. The van der Waals surface area contributed by atoms with Gasteiger partial charge in [0.1, 0.15) is 11.5 Å². The Morgan fingerprint density at radius 1 is 1.29 bits per heavy atom. The third-order valence-corrected chi connectivity index (χ3v) is 4.87. The summed E-state index contributed by atoms with van der Waals surface area (Å²) < 4.78 is 12.3. The smallest absolute Gasteiger partial charge is 0.330 e. The van der Waals surface area contributed by atoms with E-state index < -0.39 is 11.2 Å². The number of H-pyrrole nitrogens is 1. The second kappa shape index (κ2) is 9.80. The van der Waals surface area contributed by atoms with E-state index in [1.165, 1.54) is 4.57 Å². The first-order chi connectivity index (χ1) is 14.8. The molecule has 1 aromatic carbocycles.